The molecule has 1 aliphatic heterocycles. The largest absolute Gasteiger partial charge is 0.444 e. The van der Waals surface area contributed by atoms with Gasteiger partial charge in [-0.25, -0.2) is 9.18 Å². The normalized spacial score (nSPS) is 20.9. The van der Waals surface area contributed by atoms with Crippen LogP contribution in [-0.4, -0.2) is 47.3 Å². The highest BCUT2D eigenvalue weighted by Crippen LogP contribution is 2.31. The van der Waals surface area contributed by atoms with Gasteiger partial charge in [0.15, 0.2) is 5.82 Å². The number of aromatic nitrogens is 1. The predicted octanol–water partition coefficient (Wildman–Crippen LogP) is 3.52. The van der Waals surface area contributed by atoms with Crippen molar-refractivity contribution in [3.05, 3.63) is 28.4 Å². The Kier molecular flexibility index (Phi) is 5.77. The van der Waals surface area contributed by atoms with Crippen LogP contribution in [0.4, 0.5) is 14.9 Å². The van der Waals surface area contributed by atoms with E-state index in [4.69, 9.17) is 4.74 Å². The zero-order valence-electron chi connectivity index (χ0n) is 16.5. The number of nitrogens with zero attached hydrogens (tertiary/aromatic N) is 2. The predicted molar refractivity (Wildman–Crippen MR) is 103 cm³/mol. The van der Waals surface area contributed by atoms with Crippen LogP contribution in [-0.2, 0) is 4.74 Å². The number of H-pyrrole nitrogens is 1. The molecule has 0 bridgehead atoms. The number of hydrogen-bond acceptors (Lipinski definition) is 4. The van der Waals surface area contributed by atoms with Crippen LogP contribution in [0.2, 0.25) is 0 Å². The maximum Gasteiger partial charge on any atom is 0.410 e. The summed E-state index contributed by atoms with van der Waals surface area (Å²) < 4.78 is 19.9. The van der Waals surface area contributed by atoms with E-state index in [9.17, 15) is 14.0 Å². The Morgan fingerprint density at radius 2 is 2.07 bits per heavy atom. The summed E-state index contributed by atoms with van der Waals surface area (Å²) in [5.41, 5.74) is -0.578. The second-order valence-corrected chi connectivity index (χ2v) is 8.70. The van der Waals surface area contributed by atoms with Crippen LogP contribution in [0.25, 0.3) is 0 Å². The molecule has 0 radical (unpaired) electrons. The van der Waals surface area contributed by atoms with Crippen LogP contribution in [0.5, 0.6) is 0 Å². The van der Waals surface area contributed by atoms with E-state index < -0.39 is 11.4 Å². The van der Waals surface area contributed by atoms with Gasteiger partial charge in [-0.15, -0.1) is 0 Å². The number of nitrogens with one attached hydrogen (secondary N) is 1. The zero-order valence-corrected chi connectivity index (χ0v) is 16.5. The summed E-state index contributed by atoms with van der Waals surface area (Å²) in [6, 6.07) is 1.24. The van der Waals surface area contributed by atoms with Crippen molar-refractivity contribution in [3.8, 4) is 0 Å². The van der Waals surface area contributed by atoms with Gasteiger partial charge in [0.1, 0.15) is 5.60 Å². The molecule has 1 atom stereocenters. The highest BCUT2D eigenvalue weighted by atomic mass is 19.1. The SMILES string of the molecule is CC(C)(C)OC(=O)N(CC1CCC1)C1CCCN(c2cc(=O)[nH]cc2F)C1. The molecule has 0 aromatic carbocycles. The molecule has 2 aliphatic rings. The number of amides is 1. The van der Waals surface area contributed by atoms with E-state index in [2.05, 4.69) is 4.98 Å². The molecule has 1 saturated heterocycles. The highest BCUT2D eigenvalue weighted by Gasteiger charge is 2.35. The molecule has 6 nitrogen and oxygen atoms in total. The van der Waals surface area contributed by atoms with E-state index >= 15 is 0 Å². The molecular formula is C20H30FN3O3. The number of rotatable bonds is 4. The Morgan fingerprint density at radius 3 is 2.70 bits per heavy atom. The first-order valence-electron chi connectivity index (χ1n) is 9.86. The third-order valence-corrected chi connectivity index (χ3v) is 5.34. The molecule has 1 unspecified atom stereocenters. The monoisotopic (exact) mass is 379 g/mol. The number of carbonyl (C=O) groups is 1. The number of pyridine rings is 1. The molecule has 150 valence electrons. The van der Waals surface area contributed by atoms with Crippen molar-refractivity contribution in [3.63, 3.8) is 0 Å². The standard InChI is InChI=1S/C20H30FN3O3/c1-20(2,3)27-19(26)24(12-14-6-4-7-14)15-8-5-9-23(13-15)17-10-18(25)22-11-16(17)21/h10-11,14-15H,4-9,12-13H2,1-3H3,(H,22,25). The van der Waals surface area contributed by atoms with Gasteiger partial charge < -0.3 is 19.5 Å². The second kappa shape index (κ2) is 7.90. The molecule has 7 heteroatoms. The fourth-order valence-corrected chi connectivity index (χ4v) is 3.76. The maximum atomic E-state index is 14.2. The molecule has 1 N–H and O–H groups in total. The quantitative estimate of drug-likeness (QED) is 0.869. The Morgan fingerprint density at radius 1 is 1.33 bits per heavy atom. The van der Waals surface area contributed by atoms with Gasteiger partial charge in [0.05, 0.1) is 11.7 Å². The Labute approximate surface area is 159 Å². The van der Waals surface area contributed by atoms with Crippen LogP contribution in [0.3, 0.4) is 0 Å². The molecule has 3 rings (SSSR count). The van der Waals surface area contributed by atoms with E-state index in [0.29, 0.717) is 31.2 Å². The van der Waals surface area contributed by atoms with Crippen LogP contribution >= 0.6 is 0 Å². The van der Waals surface area contributed by atoms with Crippen molar-refractivity contribution in [2.24, 2.45) is 5.92 Å². The third-order valence-electron chi connectivity index (χ3n) is 5.34. The molecule has 2 fully saturated rings. The molecule has 1 aliphatic carbocycles. The van der Waals surface area contributed by atoms with Crippen LogP contribution in [0.1, 0.15) is 52.9 Å². The molecular weight excluding hydrogens is 349 g/mol. The summed E-state index contributed by atoms with van der Waals surface area (Å²) in [6.07, 6.45) is 5.97. The first kappa shape index (κ1) is 19.7. The minimum Gasteiger partial charge on any atom is -0.444 e. The van der Waals surface area contributed by atoms with Crippen LogP contribution in [0.15, 0.2) is 17.1 Å². The molecule has 27 heavy (non-hydrogen) atoms. The second-order valence-electron chi connectivity index (χ2n) is 8.70. The number of halogens is 1. The lowest BCUT2D eigenvalue weighted by Gasteiger charge is -2.43. The van der Waals surface area contributed by atoms with Gasteiger partial charge in [0.25, 0.3) is 0 Å². The zero-order chi connectivity index (χ0) is 19.6. The summed E-state index contributed by atoms with van der Waals surface area (Å²) in [5, 5.41) is 0. The number of anilines is 1. The first-order chi connectivity index (χ1) is 12.7. The lowest BCUT2D eigenvalue weighted by Crippen LogP contribution is -2.53. The Hall–Kier alpha value is -2.05. The number of hydrogen-bond donors (Lipinski definition) is 1. The van der Waals surface area contributed by atoms with Gasteiger partial charge >= 0.3 is 6.09 Å². The maximum absolute atomic E-state index is 14.2. The molecule has 1 aromatic rings. The summed E-state index contributed by atoms with van der Waals surface area (Å²) in [7, 11) is 0. The summed E-state index contributed by atoms with van der Waals surface area (Å²) >= 11 is 0. The van der Waals surface area contributed by atoms with Crippen molar-refractivity contribution in [2.45, 2.75) is 64.5 Å². The number of piperidine rings is 1. The van der Waals surface area contributed by atoms with Crippen molar-refractivity contribution in [1.29, 1.82) is 0 Å². The van der Waals surface area contributed by atoms with E-state index in [-0.39, 0.29) is 17.7 Å². The first-order valence-corrected chi connectivity index (χ1v) is 9.86. The van der Waals surface area contributed by atoms with E-state index in [1.165, 1.54) is 12.5 Å². The van der Waals surface area contributed by atoms with Gasteiger partial charge in [0.2, 0.25) is 5.56 Å². The third kappa shape index (κ3) is 5.02. The molecule has 1 aromatic heterocycles. The molecule has 2 heterocycles. The highest BCUT2D eigenvalue weighted by molar-refractivity contribution is 5.69. The van der Waals surface area contributed by atoms with Crippen molar-refractivity contribution in [2.75, 3.05) is 24.5 Å². The van der Waals surface area contributed by atoms with Gasteiger partial charge in [0, 0.05) is 31.9 Å². The minimum atomic E-state index is -0.553. The van der Waals surface area contributed by atoms with E-state index in [1.807, 2.05) is 30.6 Å². The summed E-state index contributed by atoms with van der Waals surface area (Å²) in [4.78, 5) is 30.5. The van der Waals surface area contributed by atoms with E-state index in [0.717, 1.165) is 31.9 Å². The van der Waals surface area contributed by atoms with Gasteiger partial charge in [-0.1, -0.05) is 6.42 Å². The van der Waals surface area contributed by atoms with Gasteiger partial charge in [-0.05, 0) is 52.4 Å². The number of ether oxygens (including phenoxy) is 1. The average molecular weight is 379 g/mol. The smallest absolute Gasteiger partial charge is 0.410 e. The number of carbonyl (C=O) groups excluding carboxylic acids is 1. The fourth-order valence-electron chi connectivity index (χ4n) is 3.76. The topological polar surface area (TPSA) is 65.6 Å². The average Bonchev–Trinajstić information content (AvgIpc) is 2.54. The molecule has 0 spiro atoms. The Bertz CT molecular complexity index is 724. The van der Waals surface area contributed by atoms with Crippen LogP contribution in [0, 0.1) is 11.7 Å². The van der Waals surface area contributed by atoms with Gasteiger partial charge in [-0.3, -0.25) is 4.79 Å². The lowest BCUT2D eigenvalue weighted by molar-refractivity contribution is 0.00735. The summed E-state index contributed by atoms with van der Waals surface area (Å²) in [5.74, 6) is 0.0715. The minimum absolute atomic E-state index is 0.0483. The van der Waals surface area contributed by atoms with Gasteiger partial charge in [-0.2, -0.15) is 0 Å². The Balaban J connectivity index is 1.77. The molecule has 1 saturated carbocycles. The van der Waals surface area contributed by atoms with E-state index in [1.54, 1.807) is 0 Å². The fraction of sp³-hybridized carbons (Fsp3) is 0.700. The number of aromatic amines is 1. The van der Waals surface area contributed by atoms with Crippen molar-refractivity contribution >= 4 is 11.8 Å². The van der Waals surface area contributed by atoms with Crippen molar-refractivity contribution in [1.82, 2.24) is 9.88 Å². The molecule has 1 amide bonds. The van der Waals surface area contributed by atoms with Crippen molar-refractivity contribution < 1.29 is 13.9 Å². The van der Waals surface area contributed by atoms with Crippen LogP contribution < -0.4 is 10.5 Å². The summed E-state index contributed by atoms with van der Waals surface area (Å²) in [6.45, 7) is 7.46. The lowest BCUT2D eigenvalue weighted by atomic mass is 9.84.